The van der Waals surface area contributed by atoms with Gasteiger partial charge >= 0.3 is 0 Å². The number of methoxy groups -OCH3 is 1. The van der Waals surface area contributed by atoms with Crippen molar-refractivity contribution in [2.45, 2.75) is 6.42 Å². The minimum atomic E-state index is -0.186. The molecular formula is C19H20N2O3S. The summed E-state index contributed by atoms with van der Waals surface area (Å²) in [6.45, 7) is 4.05. The van der Waals surface area contributed by atoms with Gasteiger partial charge in [0.1, 0.15) is 18.1 Å². The van der Waals surface area contributed by atoms with Crippen LogP contribution in [0.3, 0.4) is 0 Å². The van der Waals surface area contributed by atoms with Crippen LogP contribution in [-0.2, 0) is 11.2 Å². The van der Waals surface area contributed by atoms with Crippen molar-refractivity contribution in [1.82, 2.24) is 5.32 Å². The molecule has 0 aliphatic heterocycles. The number of rotatable bonds is 7. The first-order valence-corrected chi connectivity index (χ1v) is 8.09. The Morgan fingerprint density at radius 1 is 1.12 bits per heavy atom. The zero-order chi connectivity index (χ0) is 18.1. The lowest BCUT2D eigenvalue weighted by atomic mass is 10.1. The molecule has 130 valence electrons. The van der Waals surface area contributed by atoms with Gasteiger partial charge in [-0.3, -0.25) is 4.79 Å². The first-order chi connectivity index (χ1) is 12.1. The fourth-order valence-electron chi connectivity index (χ4n) is 2.05. The molecule has 0 aliphatic carbocycles. The Balaban J connectivity index is 1.82. The molecule has 0 aromatic heterocycles. The fraction of sp³-hybridized carbons (Fsp3) is 0.158. The molecule has 0 atom stereocenters. The van der Waals surface area contributed by atoms with Crippen molar-refractivity contribution < 1.29 is 14.3 Å². The predicted octanol–water partition coefficient (Wildman–Crippen LogP) is 3.32. The molecule has 2 aromatic carbocycles. The van der Waals surface area contributed by atoms with E-state index in [2.05, 4.69) is 17.2 Å². The minimum Gasteiger partial charge on any atom is -0.497 e. The van der Waals surface area contributed by atoms with Crippen molar-refractivity contribution >= 4 is 28.9 Å². The van der Waals surface area contributed by atoms with Crippen molar-refractivity contribution in [3.8, 4) is 11.5 Å². The van der Waals surface area contributed by atoms with Gasteiger partial charge in [0.15, 0.2) is 5.11 Å². The Kier molecular flexibility index (Phi) is 6.98. The molecule has 2 rings (SSSR count). The summed E-state index contributed by atoms with van der Waals surface area (Å²) < 4.78 is 10.5. The minimum absolute atomic E-state index is 0.186. The van der Waals surface area contributed by atoms with Gasteiger partial charge in [0.05, 0.1) is 13.5 Å². The van der Waals surface area contributed by atoms with E-state index in [0.717, 1.165) is 22.7 Å². The number of nitrogens with one attached hydrogen (secondary N) is 2. The summed E-state index contributed by atoms with van der Waals surface area (Å²) in [4.78, 5) is 12.0. The zero-order valence-electron chi connectivity index (χ0n) is 14.0. The Labute approximate surface area is 152 Å². The average Bonchev–Trinajstić information content (AvgIpc) is 2.61. The van der Waals surface area contributed by atoms with Crippen LogP contribution in [0.2, 0.25) is 0 Å². The van der Waals surface area contributed by atoms with Crippen LogP contribution in [-0.4, -0.2) is 24.7 Å². The maximum atomic E-state index is 12.0. The molecule has 1 amide bonds. The summed E-state index contributed by atoms with van der Waals surface area (Å²) in [5, 5.41) is 5.87. The van der Waals surface area contributed by atoms with Gasteiger partial charge in [-0.05, 0) is 54.2 Å². The SMILES string of the molecule is C=CCOc1ccc(NC(=S)NC(=O)Cc2ccc(OC)cc2)cc1. The molecule has 5 nitrogen and oxygen atoms in total. The van der Waals surface area contributed by atoms with Crippen LogP contribution in [0, 0.1) is 0 Å². The summed E-state index contributed by atoms with van der Waals surface area (Å²) in [7, 11) is 1.60. The highest BCUT2D eigenvalue weighted by Gasteiger charge is 2.07. The third-order valence-electron chi connectivity index (χ3n) is 3.26. The summed E-state index contributed by atoms with van der Waals surface area (Å²) in [6, 6.07) is 14.6. The second-order valence-corrected chi connectivity index (χ2v) is 5.56. The van der Waals surface area contributed by atoms with Crippen LogP contribution >= 0.6 is 12.2 Å². The van der Waals surface area contributed by atoms with Crippen molar-refractivity contribution in [1.29, 1.82) is 0 Å². The number of hydrogen-bond donors (Lipinski definition) is 2. The molecule has 0 radical (unpaired) electrons. The summed E-state index contributed by atoms with van der Waals surface area (Å²) in [5.74, 6) is 1.30. The Hall–Kier alpha value is -2.86. The van der Waals surface area contributed by atoms with E-state index >= 15 is 0 Å². The van der Waals surface area contributed by atoms with Crippen LogP contribution in [0.25, 0.3) is 0 Å². The van der Waals surface area contributed by atoms with Crippen LogP contribution in [0.1, 0.15) is 5.56 Å². The number of thiocarbonyl (C=S) groups is 1. The molecule has 0 spiro atoms. The van der Waals surface area contributed by atoms with Gasteiger partial charge in [0, 0.05) is 5.69 Å². The molecule has 0 fully saturated rings. The molecule has 2 N–H and O–H groups in total. The second-order valence-electron chi connectivity index (χ2n) is 5.15. The first-order valence-electron chi connectivity index (χ1n) is 7.68. The Morgan fingerprint density at radius 3 is 2.36 bits per heavy atom. The van der Waals surface area contributed by atoms with Gasteiger partial charge in [0.2, 0.25) is 5.91 Å². The van der Waals surface area contributed by atoms with E-state index in [4.69, 9.17) is 21.7 Å². The highest BCUT2D eigenvalue weighted by atomic mass is 32.1. The highest BCUT2D eigenvalue weighted by molar-refractivity contribution is 7.80. The lowest BCUT2D eigenvalue weighted by molar-refractivity contribution is -0.119. The molecule has 0 unspecified atom stereocenters. The monoisotopic (exact) mass is 356 g/mol. The van der Waals surface area contributed by atoms with Gasteiger partial charge < -0.3 is 20.1 Å². The number of carbonyl (C=O) groups is 1. The fourth-order valence-corrected chi connectivity index (χ4v) is 2.28. The third-order valence-corrected chi connectivity index (χ3v) is 3.46. The van der Waals surface area contributed by atoms with Crippen LogP contribution < -0.4 is 20.1 Å². The van der Waals surface area contributed by atoms with Crippen LogP contribution in [0.5, 0.6) is 11.5 Å². The third kappa shape index (κ3) is 6.27. The van der Waals surface area contributed by atoms with E-state index in [9.17, 15) is 4.79 Å². The summed E-state index contributed by atoms with van der Waals surface area (Å²) in [6.07, 6.45) is 1.92. The van der Waals surface area contributed by atoms with Crippen molar-refractivity contribution in [3.05, 3.63) is 66.7 Å². The second kappa shape index (κ2) is 9.44. The molecule has 25 heavy (non-hydrogen) atoms. The maximum absolute atomic E-state index is 12.0. The van der Waals surface area contributed by atoms with Crippen molar-refractivity contribution in [2.24, 2.45) is 0 Å². The summed E-state index contributed by atoms with van der Waals surface area (Å²) in [5.41, 5.74) is 1.64. The number of amides is 1. The average molecular weight is 356 g/mol. The largest absolute Gasteiger partial charge is 0.497 e. The molecular weight excluding hydrogens is 336 g/mol. The molecule has 0 saturated carbocycles. The van der Waals surface area contributed by atoms with Crippen LogP contribution in [0.4, 0.5) is 5.69 Å². The number of anilines is 1. The molecule has 0 bridgehead atoms. The van der Waals surface area contributed by atoms with E-state index < -0.39 is 0 Å². The predicted molar refractivity (Wildman–Crippen MR) is 103 cm³/mol. The normalized spacial score (nSPS) is 9.80. The zero-order valence-corrected chi connectivity index (χ0v) is 14.8. The van der Waals surface area contributed by atoms with Gasteiger partial charge in [-0.1, -0.05) is 24.8 Å². The summed E-state index contributed by atoms with van der Waals surface area (Å²) >= 11 is 5.16. The van der Waals surface area contributed by atoms with E-state index in [1.165, 1.54) is 0 Å². The molecule has 0 aliphatic rings. The molecule has 0 heterocycles. The smallest absolute Gasteiger partial charge is 0.230 e. The Morgan fingerprint density at radius 2 is 1.76 bits per heavy atom. The number of benzene rings is 2. The van der Waals surface area contributed by atoms with E-state index in [0.29, 0.717) is 6.61 Å². The topological polar surface area (TPSA) is 59.6 Å². The number of hydrogen-bond acceptors (Lipinski definition) is 4. The van der Waals surface area contributed by atoms with E-state index in [1.807, 2.05) is 48.5 Å². The quantitative estimate of drug-likeness (QED) is 0.589. The molecule has 6 heteroatoms. The lowest BCUT2D eigenvalue weighted by Gasteiger charge is -2.10. The number of ether oxygens (including phenoxy) is 2. The number of carbonyl (C=O) groups excluding carboxylic acids is 1. The van der Waals surface area contributed by atoms with Crippen molar-refractivity contribution in [3.63, 3.8) is 0 Å². The standard InChI is InChI=1S/C19H20N2O3S/c1-3-12-24-17-10-6-15(7-11-17)20-19(25)21-18(22)13-14-4-8-16(23-2)9-5-14/h3-11H,1,12-13H2,2H3,(H2,20,21,22,25). The molecule has 0 saturated heterocycles. The van der Waals surface area contributed by atoms with Gasteiger partial charge in [-0.2, -0.15) is 0 Å². The van der Waals surface area contributed by atoms with Gasteiger partial charge in [0.25, 0.3) is 0 Å². The van der Waals surface area contributed by atoms with Gasteiger partial charge in [-0.25, -0.2) is 0 Å². The molecule has 2 aromatic rings. The Bertz CT molecular complexity index is 727. The highest BCUT2D eigenvalue weighted by Crippen LogP contribution is 2.15. The van der Waals surface area contributed by atoms with Crippen molar-refractivity contribution in [2.75, 3.05) is 19.0 Å². The first kappa shape index (κ1) is 18.5. The van der Waals surface area contributed by atoms with Crippen LogP contribution in [0.15, 0.2) is 61.2 Å². The maximum Gasteiger partial charge on any atom is 0.230 e. The van der Waals surface area contributed by atoms with E-state index in [1.54, 1.807) is 13.2 Å². The lowest BCUT2D eigenvalue weighted by Crippen LogP contribution is -2.35. The van der Waals surface area contributed by atoms with Gasteiger partial charge in [-0.15, -0.1) is 0 Å². The van der Waals surface area contributed by atoms with E-state index in [-0.39, 0.29) is 17.4 Å².